The molecule has 2 aromatic rings. The topological polar surface area (TPSA) is 105 Å². The van der Waals surface area contributed by atoms with Crippen molar-refractivity contribution in [2.24, 2.45) is 0 Å². The molecule has 2 N–H and O–H groups in total. The zero-order valence-electron chi connectivity index (χ0n) is 17.8. The lowest BCUT2D eigenvalue weighted by Gasteiger charge is -2.38. The number of hydrogen-bond acceptors (Lipinski definition) is 5. The molecule has 0 atom stereocenters. The van der Waals surface area contributed by atoms with Gasteiger partial charge in [-0.05, 0) is 49.6 Å². The Hall–Kier alpha value is -2.58. The molecule has 0 unspecified atom stereocenters. The summed E-state index contributed by atoms with van der Waals surface area (Å²) in [6, 6.07) is 9.77. The first-order valence-electron chi connectivity index (χ1n) is 10.6. The molecule has 1 aliphatic carbocycles. The van der Waals surface area contributed by atoms with Gasteiger partial charge in [-0.2, -0.15) is 0 Å². The van der Waals surface area contributed by atoms with Crippen LogP contribution in [0.1, 0.15) is 61.4 Å². The van der Waals surface area contributed by atoms with E-state index in [4.69, 9.17) is 0 Å². The van der Waals surface area contributed by atoms with Crippen LogP contribution in [0.3, 0.4) is 0 Å². The van der Waals surface area contributed by atoms with Gasteiger partial charge >= 0.3 is 0 Å². The third-order valence-corrected chi connectivity index (χ3v) is 7.42. The van der Waals surface area contributed by atoms with Gasteiger partial charge in [-0.3, -0.25) is 14.6 Å². The molecule has 1 fully saturated rings. The Kier molecular flexibility index (Phi) is 7.56. The number of sulfonamides is 1. The number of carbonyl (C=O) groups is 2. The number of ketones is 1. The molecule has 0 radical (unpaired) electrons. The zero-order valence-corrected chi connectivity index (χ0v) is 18.6. The average Bonchev–Trinajstić information content (AvgIpc) is 2.79. The number of nitrogens with one attached hydrogen (secondary N) is 2. The van der Waals surface area contributed by atoms with Crippen molar-refractivity contribution in [3.63, 3.8) is 0 Å². The van der Waals surface area contributed by atoms with E-state index in [1.165, 1.54) is 43.2 Å². The van der Waals surface area contributed by atoms with Gasteiger partial charge in [-0.1, -0.05) is 31.4 Å². The molecule has 0 bridgehead atoms. The van der Waals surface area contributed by atoms with Gasteiger partial charge in [0, 0.05) is 42.9 Å². The lowest BCUT2D eigenvalue weighted by molar-refractivity contribution is -0.121. The maximum Gasteiger partial charge on any atom is 0.240 e. The average molecular weight is 444 g/mol. The maximum atomic E-state index is 12.4. The number of Topliss-reactive ketones (excluding diaryl/α,β-unsaturated/α-hetero) is 1. The molecule has 1 aliphatic rings. The molecule has 1 heterocycles. The lowest BCUT2D eigenvalue weighted by Crippen LogP contribution is -2.43. The first-order valence-corrected chi connectivity index (χ1v) is 12.1. The smallest absolute Gasteiger partial charge is 0.240 e. The summed E-state index contributed by atoms with van der Waals surface area (Å²) in [5, 5.41) is 3.01. The van der Waals surface area contributed by atoms with Crippen LogP contribution >= 0.6 is 0 Å². The Morgan fingerprint density at radius 1 is 1.00 bits per heavy atom. The van der Waals surface area contributed by atoms with E-state index in [0.29, 0.717) is 12.1 Å². The molecular weight excluding hydrogens is 414 g/mol. The molecule has 0 aliphatic heterocycles. The third kappa shape index (κ3) is 5.98. The van der Waals surface area contributed by atoms with Gasteiger partial charge in [0.2, 0.25) is 15.9 Å². The predicted octanol–water partition coefficient (Wildman–Crippen LogP) is 2.97. The number of rotatable bonds is 9. The Morgan fingerprint density at radius 3 is 2.26 bits per heavy atom. The van der Waals surface area contributed by atoms with Crippen molar-refractivity contribution in [1.29, 1.82) is 0 Å². The summed E-state index contributed by atoms with van der Waals surface area (Å²) in [6.07, 6.45) is 9.10. The second-order valence-corrected chi connectivity index (χ2v) is 9.85. The van der Waals surface area contributed by atoms with Crippen molar-refractivity contribution >= 4 is 21.7 Å². The van der Waals surface area contributed by atoms with Crippen molar-refractivity contribution in [2.45, 2.75) is 55.8 Å². The zero-order chi connectivity index (χ0) is 22.3. The van der Waals surface area contributed by atoms with E-state index in [9.17, 15) is 18.0 Å². The fourth-order valence-corrected chi connectivity index (χ4v) is 5.14. The largest absolute Gasteiger partial charge is 0.355 e. The van der Waals surface area contributed by atoms with Crippen molar-refractivity contribution in [2.75, 3.05) is 13.1 Å². The first kappa shape index (κ1) is 23.1. The van der Waals surface area contributed by atoms with Crippen LogP contribution in [-0.4, -0.2) is 38.2 Å². The summed E-state index contributed by atoms with van der Waals surface area (Å²) < 4.78 is 27.3. The van der Waals surface area contributed by atoms with Gasteiger partial charge in [0.15, 0.2) is 5.78 Å². The third-order valence-electron chi connectivity index (χ3n) is 5.94. The number of benzene rings is 1. The van der Waals surface area contributed by atoms with Gasteiger partial charge in [-0.15, -0.1) is 0 Å². The molecule has 0 saturated heterocycles. The highest BCUT2D eigenvalue weighted by Crippen LogP contribution is 2.38. The van der Waals surface area contributed by atoms with Crippen LogP contribution in [0.25, 0.3) is 0 Å². The minimum Gasteiger partial charge on any atom is -0.355 e. The van der Waals surface area contributed by atoms with Crippen LogP contribution in [0.2, 0.25) is 0 Å². The van der Waals surface area contributed by atoms with Crippen LogP contribution in [-0.2, 0) is 20.2 Å². The number of pyridine rings is 1. The SMILES string of the molecule is CC(=O)c1ccc(S(=O)(=O)NCCC(=O)NCC2(c3ccncc3)CCCCC2)cc1. The maximum absolute atomic E-state index is 12.4. The molecular formula is C23H29N3O4S. The highest BCUT2D eigenvalue weighted by molar-refractivity contribution is 7.89. The van der Waals surface area contributed by atoms with Gasteiger partial charge in [-0.25, -0.2) is 13.1 Å². The summed E-state index contributed by atoms with van der Waals surface area (Å²) in [5.74, 6) is -0.315. The van der Waals surface area contributed by atoms with E-state index in [0.717, 1.165) is 25.7 Å². The number of aromatic nitrogens is 1. The van der Waals surface area contributed by atoms with Crippen molar-refractivity contribution in [1.82, 2.24) is 15.0 Å². The highest BCUT2D eigenvalue weighted by atomic mass is 32.2. The second kappa shape index (κ2) is 10.2. The molecule has 3 rings (SSSR count). The first-order chi connectivity index (χ1) is 14.8. The number of amides is 1. The van der Waals surface area contributed by atoms with Crippen molar-refractivity contribution in [3.05, 3.63) is 59.9 Å². The van der Waals surface area contributed by atoms with Gasteiger partial charge < -0.3 is 5.32 Å². The quantitative estimate of drug-likeness (QED) is 0.580. The van der Waals surface area contributed by atoms with Crippen LogP contribution < -0.4 is 10.0 Å². The second-order valence-electron chi connectivity index (χ2n) is 8.08. The Labute approximate surface area is 183 Å². The molecule has 166 valence electrons. The Bertz CT molecular complexity index is 999. The van der Waals surface area contributed by atoms with Crippen LogP contribution in [0, 0.1) is 0 Å². The summed E-state index contributed by atoms with van der Waals surface area (Å²) in [7, 11) is -3.74. The Balaban J connectivity index is 1.53. The summed E-state index contributed by atoms with van der Waals surface area (Å²) in [5.41, 5.74) is 1.55. The fourth-order valence-electron chi connectivity index (χ4n) is 4.11. The van der Waals surface area contributed by atoms with Crippen LogP contribution in [0.4, 0.5) is 0 Å². The van der Waals surface area contributed by atoms with Gasteiger partial charge in [0.05, 0.1) is 4.90 Å². The summed E-state index contributed by atoms with van der Waals surface area (Å²) >= 11 is 0. The molecule has 7 nitrogen and oxygen atoms in total. The van der Waals surface area contributed by atoms with Crippen LogP contribution in [0.5, 0.6) is 0 Å². The van der Waals surface area contributed by atoms with Gasteiger partial charge in [0.25, 0.3) is 0 Å². The molecule has 1 amide bonds. The minimum atomic E-state index is -3.74. The monoisotopic (exact) mass is 443 g/mol. The summed E-state index contributed by atoms with van der Waals surface area (Å²) in [6.45, 7) is 1.96. The van der Waals surface area contributed by atoms with Crippen molar-refractivity contribution in [3.8, 4) is 0 Å². The molecule has 8 heteroatoms. The fraction of sp³-hybridized carbons (Fsp3) is 0.435. The van der Waals surface area contributed by atoms with E-state index in [-0.39, 0.29) is 35.0 Å². The molecule has 1 aromatic carbocycles. The normalized spacial score (nSPS) is 15.9. The molecule has 0 spiro atoms. The van der Waals surface area contributed by atoms with Crippen LogP contribution in [0.15, 0.2) is 53.7 Å². The Morgan fingerprint density at radius 2 is 1.65 bits per heavy atom. The van der Waals surface area contributed by atoms with E-state index < -0.39 is 10.0 Å². The number of hydrogen-bond donors (Lipinski definition) is 2. The minimum absolute atomic E-state index is 0.00484. The highest BCUT2D eigenvalue weighted by Gasteiger charge is 2.34. The van der Waals surface area contributed by atoms with Gasteiger partial charge in [0.1, 0.15) is 0 Å². The number of carbonyl (C=O) groups excluding carboxylic acids is 2. The lowest BCUT2D eigenvalue weighted by atomic mass is 9.69. The molecule has 1 saturated carbocycles. The number of nitrogens with zero attached hydrogens (tertiary/aromatic N) is 1. The van der Waals surface area contributed by atoms with E-state index in [1.807, 2.05) is 12.1 Å². The van der Waals surface area contributed by atoms with E-state index in [2.05, 4.69) is 15.0 Å². The molecule has 1 aromatic heterocycles. The standard InChI is InChI=1S/C23H29N3O4S/c1-18(27)19-5-7-21(8-6-19)31(29,30)26-16-11-22(28)25-17-23(12-3-2-4-13-23)20-9-14-24-15-10-20/h5-10,14-15,26H,2-4,11-13,16-17H2,1H3,(H,25,28). The van der Waals surface area contributed by atoms with E-state index in [1.54, 1.807) is 12.4 Å². The van der Waals surface area contributed by atoms with Crippen molar-refractivity contribution < 1.29 is 18.0 Å². The molecule has 31 heavy (non-hydrogen) atoms. The predicted molar refractivity (Wildman–Crippen MR) is 118 cm³/mol. The summed E-state index contributed by atoms with van der Waals surface area (Å²) in [4.78, 5) is 27.9. The van der Waals surface area contributed by atoms with E-state index >= 15 is 0 Å².